The maximum Gasteiger partial charge on any atom is 0.416 e. The van der Waals surface area contributed by atoms with Gasteiger partial charge in [-0.25, -0.2) is 0 Å². The summed E-state index contributed by atoms with van der Waals surface area (Å²) in [7, 11) is 0. The maximum atomic E-state index is 13.6. The normalized spacial score (nSPS) is 18.2. The molecule has 3 aromatic rings. The van der Waals surface area contributed by atoms with Gasteiger partial charge in [0.05, 0.1) is 5.56 Å². The van der Waals surface area contributed by atoms with E-state index in [2.05, 4.69) is 5.32 Å². The van der Waals surface area contributed by atoms with Gasteiger partial charge in [-0.1, -0.05) is 61.4 Å². The molecule has 2 aliphatic rings. The van der Waals surface area contributed by atoms with Crippen molar-refractivity contribution >= 4 is 11.8 Å². The van der Waals surface area contributed by atoms with Crippen LogP contribution in [0.1, 0.15) is 48.4 Å². The van der Waals surface area contributed by atoms with E-state index in [1.54, 1.807) is 0 Å². The van der Waals surface area contributed by atoms with Crippen molar-refractivity contribution in [3.05, 3.63) is 89.5 Å². The summed E-state index contributed by atoms with van der Waals surface area (Å²) < 4.78 is 46.5. The molecule has 1 heterocycles. The molecule has 5 rings (SSSR count). The Bertz CT molecular complexity index is 1290. The summed E-state index contributed by atoms with van der Waals surface area (Å²) in [5, 5.41) is 2.98. The second kappa shape index (κ2) is 10.3. The lowest BCUT2D eigenvalue weighted by atomic mass is 9.98. The van der Waals surface area contributed by atoms with E-state index in [1.165, 1.54) is 11.0 Å². The Kier molecular flexibility index (Phi) is 6.91. The Morgan fingerprint density at radius 2 is 1.68 bits per heavy atom. The van der Waals surface area contributed by atoms with Crippen molar-refractivity contribution < 1.29 is 27.5 Å². The van der Waals surface area contributed by atoms with Crippen LogP contribution in [0, 0.1) is 0 Å². The highest BCUT2D eigenvalue weighted by Crippen LogP contribution is 2.39. The van der Waals surface area contributed by atoms with Gasteiger partial charge >= 0.3 is 6.18 Å². The summed E-state index contributed by atoms with van der Waals surface area (Å²) in [4.78, 5) is 28.2. The largest absolute Gasteiger partial charge is 0.483 e. The minimum atomic E-state index is -4.60. The third-order valence-corrected chi connectivity index (χ3v) is 6.95. The molecule has 5 nitrogen and oxygen atoms in total. The van der Waals surface area contributed by atoms with Gasteiger partial charge in [-0.05, 0) is 53.8 Å². The van der Waals surface area contributed by atoms with Crippen molar-refractivity contribution in [1.29, 1.82) is 0 Å². The molecule has 2 amide bonds. The summed E-state index contributed by atoms with van der Waals surface area (Å²) >= 11 is 0. The number of carbonyl (C=O) groups is 2. The second-order valence-corrected chi connectivity index (χ2v) is 9.52. The Hall–Kier alpha value is -3.81. The number of halogens is 3. The highest BCUT2D eigenvalue weighted by molar-refractivity contribution is 5.91. The fourth-order valence-electron chi connectivity index (χ4n) is 5.09. The zero-order chi connectivity index (χ0) is 26.0. The van der Waals surface area contributed by atoms with E-state index >= 15 is 0 Å². The van der Waals surface area contributed by atoms with E-state index < -0.39 is 29.6 Å². The van der Waals surface area contributed by atoms with Crippen LogP contribution in [0.3, 0.4) is 0 Å². The molecule has 1 aliphatic carbocycles. The molecule has 1 fully saturated rings. The molecule has 3 aromatic carbocycles. The minimum absolute atomic E-state index is 0.0374. The van der Waals surface area contributed by atoms with Crippen LogP contribution < -0.4 is 10.1 Å². The van der Waals surface area contributed by atoms with Gasteiger partial charge in [-0.3, -0.25) is 9.59 Å². The summed E-state index contributed by atoms with van der Waals surface area (Å²) in [6.07, 6.45) is -1.05. The lowest BCUT2D eigenvalue weighted by Gasteiger charge is -2.31. The molecule has 0 aromatic heterocycles. The third-order valence-electron chi connectivity index (χ3n) is 6.95. The fourth-order valence-corrected chi connectivity index (χ4v) is 5.09. The van der Waals surface area contributed by atoms with Gasteiger partial charge in [0.2, 0.25) is 5.91 Å². The summed E-state index contributed by atoms with van der Waals surface area (Å²) in [6.45, 7) is -0.328. The zero-order valence-electron chi connectivity index (χ0n) is 20.1. The van der Waals surface area contributed by atoms with Crippen molar-refractivity contribution in [1.82, 2.24) is 10.2 Å². The van der Waals surface area contributed by atoms with Gasteiger partial charge in [-0.2, -0.15) is 13.2 Å². The molecule has 1 unspecified atom stereocenters. The number of nitrogens with one attached hydrogen (secondary N) is 1. The first-order chi connectivity index (χ1) is 17.8. The SMILES string of the molecule is O=C(NC1CCCC1)C1c2cc(C(F)(F)F)ccc2OCC(=O)N1Cc1cccc(-c2ccccc2)c1. The van der Waals surface area contributed by atoms with Crippen molar-refractivity contribution in [2.45, 2.75) is 50.5 Å². The monoisotopic (exact) mass is 508 g/mol. The van der Waals surface area contributed by atoms with Gasteiger partial charge in [0, 0.05) is 18.2 Å². The molecule has 1 saturated carbocycles. The standard InChI is InChI=1S/C29H27F3N2O3/c30-29(31,32)22-13-14-25-24(16-22)27(28(36)33-23-11-4-5-12-23)34(26(35)18-37-25)17-19-7-6-10-21(15-19)20-8-2-1-3-9-20/h1-3,6-10,13-16,23,27H,4-5,11-12,17-18H2,(H,33,36). The zero-order valence-corrected chi connectivity index (χ0v) is 20.1. The lowest BCUT2D eigenvalue weighted by molar-refractivity contribution is -0.142. The van der Waals surface area contributed by atoms with Crippen LogP contribution in [-0.2, 0) is 22.3 Å². The van der Waals surface area contributed by atoms with E-state index in [-0.39, 0.29) is 30.5 Å². The number of rotatable bonds is 5. The molecule has 1 N–H and O–H groups in total. The first-order valence-corrected chi connectivity index (χ1v) is 12.4. The number of ether oxygens (including phenoxy) is 1. The number of alkyl halides is 3. The second-order valence-electron chi connectivity index (χ2n) is 9.52. The number of amides is 2. The predicted octanol–water partition coefficient (Wildman–Crippen LogP) is 5.89. The molecule has 37 heavy (non-hydrogen) atoms. The van der Waals surface area contributed by atoms with Gasteiger partial charge in [0.15, 0.2) is 6.61 Å². The number of nitrogens with zero attached hydrogens (tertiary/aromatic N) is 1. The number of hydrogen-bond donors (Lipinski definition) is 1. The molecular weight excluding hydrogens is 481 g/mol. The Morgan fingerprint density at radius 3 is 2.41 bits per heavy atom. The van der Waals surface area contributed by atoms with Crippen LogP contribution >= 0.6 is 0 Å². The number of hydrogen-bond acceptors (Lipinski definition) is 3. The minimum Gasteiger partial charge on any atom is -0.483 e. The molecule has 0 radical (unpaired) electrons. The summed E-state index contributed by atoms with van der Waals surface area (Å²) in [6, 6.07) is 19.0. The number of carbonyl (C=O) groups excluding carboxylic acids is 2. The van der Waals surface area contributed by atoms with E-state index in [4.69, 9.17) is 4.74 Å². The van der Waals surface area contributed by atoms with Crippen LogP contribution in [0.2, 0.25) is 0 Å². The van der Waals surface area contributed by atoms with Crippen LogP contribution in [-0.4, -0.2) is 29.4 Å². The van der Waals surface area contributed by atoms with Crippen molar-refractivity contribution in [3.8, 4) is 16.9 Å². The van der Waals surface area contributed by atoms with Crippen LogP contribution in [0.25, 0.3) is 11.1 Å². The molecule has 0 spiro atoms. The van der Waals surface area contributed by atoms with E-state index in [0.29, 0.717) is 0 Å². The summed E-state index contributed by atoms with van der Waals surface area (Å²) in [5.74, 6) is -0.861. The average molecular weight is 509 g/mol. The van der Waals surface area contributed by atoms with Crippen LogP contribution in [0.4, 0.5) is 13.2 Å². The molecule has 8 heteroatoms. The van der Waals surface area contributed by atoms with Gasteiger partial charge in [-0.15, -0.1) is 0 Å². The first-order valence-electron chi connectivity index (χ1n) is 12.4. The van der Waals surface area contributed by atoms with E-state index in [1.807, 2.05) is 54.6 Å². The van der Waals surface area contributed by atoms with E-state index in [9.17, 15) is 22.8 Å². The van der Waals surface area contributed by atoms with Crippen molar-refractivity contribution in [2.24, 2.45) is 0 Å². The van der Waals surface area contributed by atoms with Crippen molar-refractivity contribution in [3.63, 3.8) is 0 Å². The van der Waals surface area contributed by atoms with E-state index in [0.717, 1.165) is 54.5 Å². The molecule has 0 bridgehead atoms. The molecule has 0 saturated heterocycles. The van der Waals surface area contributed by atoms with Gasteiger partial charge in [0.1, 0.15) is 11.8 Å². The number of benzene rings is 3. The van der Waals surface area contributed by atoms with Crippen LogP contribution in [0.15, 0.2) is 72.8 Å². The Labute approximate surface area is 213 Å². The lowest BCUT2D eigenvalue weighted by Crippen LogP contribution is -2.46. The third kappa shape index (κ3) is 5.48. The smallest absolute Gasteiger partial charge is 0.416 e. The topological polar surface area (TPSA) is 58.6 Å². The number of fused-ring (bicyclic) bond motifs is 1. The molecular formula is C29H27F3N2O3. The highest BCUT2D eigenvalue weighted by atomic mass is 19.4. The molecule has 1 aliphatic heterocycles. The molecule has 192 valence electrons. The Balaban J connectivity index is 1.54. The van der Waals surface area contributed by atoms with Crippen LogP contribution in [0.5, 0.6) is 5.75 Å². The fraction of sp³-hybridized carbons (Fsp3) is 0.310. The van der Waals surface area contributed by atoms with Gasteiger partial charge < -0.3 is 15.0 Å². The summed E-state index contributed by atoms with van der Waals surface area (Å²) in [5.41, 5.74) is 1.82. The quantitative estimate of drug-likeness (QED) is 0.467. The average Bonchev–Trinajstić information content (AvgIpc) is 3.35. The Morgan fingerprint density at radius 1 is 0.946 bits per heavy atom. The maximum absolute atomic E-state index is 13.6. The highest BCUT2D eigenvalue weighted by Gasteiger charge is 2.40. The predicted molar refractivity (Wildman–Crippen MR) is 133 cm³/mol. The first kappa shape index (κ1) is 24.9. The van der Waals surface area contributed by atoms with Crippen molar-refractivity contribution in [2.75, 3.05) is 6.61 Å². The van der Waals surface area contributed by atoms with Gasteiger partial charge in [0.25, 0.3) is 5.91 Å². The molecule has 1 atom stereocenters.